The maximum Gasteiger partial charge on any atom is 0.308 e. The number of hydrogen-bond acceptors (Lipinski definition) is 3. The van der Waals surface area contributed by atoms with Crippen molar-refractivity contribution in [1.29, 1.82) is 0 Å². The molecule has 0 aliphatic carbocycles. The number of phenolic OH excluding ortho intramolecular Hbond substituents is 1. The highest BCUT2D eigenvalue weighted by molar-refractivity contribution is 5.71. The lowest BCUT2D eigenvalue weighted by atomic mass is 9.92. The molecule has 0 aliphatic rings. The van der Waals surface area contributed by atoms with E-state index in [2.05, 4.69) is 6.92 Å². The third kappa shape index (κ3) is 4.78. The fourth-order valence-electron chi connectivity index (χ4n) is 2.15. The first-order valence-electron chi connectivity index (χ1n) is 6.47. The van der Waals surface area contributed by atoms with Crippen molar-refractivity contribution in [3.05, 3.63) is 29.8 Å². The molecule has 1 rings (SSSR count). The Kier molecular flexibility index (Phi) is 5.69. The molecule has 18 heavy (non-hydrogen) atoms. The quantitative estimate of drug-likeness (QED) is 0.789. The largest absolute Gasteiger partial charge is 0.508 e. The Hall–Kier alpha value is -1.51. The van der Waals surface area contributed by atoms with Crippen molar-refractivity contribution in [3.63, 3.8) is 0 Å². The fraction of sp³-hybridized carbons (Fsp3) is 0.533. The zero-order valence-electron chi connectivity index (χ0n) is 11.3. The van der Waals surface area contributed by atoms with Gasteiger partial charge in [-0.3, -0.25) is 4.79 Å². The van der Waals surface area contributed by atoms with Gasteiger partial charge in [0.05, 0.1) is 12.5 Å². The van der Waals surface area contributed by atoms with Gasteiger partial charge in [0.2, 0.25) is 0 Å². The summed E-state index contributed by atoms with van der Waals surface area (Å²) in [5.74, 6) is 0.474. The summed E-state index contributed by atoms with van der Waals surface area (Å²) in [5.41, 5.74) is 1.10. The highest BCUT2D eigenvalue weighted by Gasteiger charge is 2.17. The maximum atomic E-state index is 11.5. The number of carbonyl (C=O) groups is 1. The van der Waals surface area contributed by atoms with Crippen molar-refractivity contribution in [3.8, 4) is 5.75 Å². The average Bonchev–Trinajstić information content (AvgIpc) is 2.28. The Morgan fingerprint density at radius 2 is 2.11 bits per heavy atom. The van der Waals surface area contributed by atoms with Gasteiger partial charge in [0, 0.05) is 0 Å². The van der Waals surface area contributed by atoms with E-state index < -0.39 is 0 Å². The first kappa shape index (κ1) is 14.6. The summed E-state index contributed by atoms with van der Waals surface area (Å²) < 4.78 is 4.99. The van der Waals surface area contributed by atoms with E-state index in [9.17, 15) is 9.90 Å². The van der Waals surface area contributed by atoms with Crippen molar-refractivity contribution < 1.29 is 14.6 Å². The van der Waals surface area contributed by atoms with Gasteiger partial charge in [0.25, 0.3) is 0 Å². The second-order valence-electron chi connectivity index (χ2n) is 4.87. The van der Waals surface area contributed by atoms with Crippen LogP contribution in [-0.2, 0) is 16.0 Å². The van der Waals surface area contributed by atoms with Gasteiger partial charge in [0.15, 0.2) is 0 Å². The molecule has 3 heteroatoms. The van der Waals surface area contributed by atoms with Crippen LogP contribution in [0, 0.1) is 11.8 Å². The number of esters is 1. The average molecular weight is 250 g/mol. The summed E-state index contributed by atoms with van der Waals surface area (Å²) in [4.78, 5) is 11.5. The van der Waals surface area contributed by atoms with E-state index in [1.165, 1.54) is 0 Å². The monoisotopic (exact) mass is 250 g/mol. The van der Waals surface area contributed by atoms with Crippen LogP contribution in [0.25, 0.3) is 0 Å². The molecule has 0 saturated heterocycles. The van der Waals surface area contributed by atoms with E-state index in [-0.39, 0.29) is 17.6 Å². The standard InChI is InChI=1S/C15H22O3/c1-4-18-15(17)12(3)8-11(2)9-13-6-5-7-14(16)10-13/h5-7,10-12,16H,4,8-9H2,1-3H3/t11-,12-/m1/s1. The molecule has 0 fully saturated rings. The van der Waals surface area contributed by atoms with Crippen LogP contribution < -0.4 is 0 Å². The van der Waals surface area contributed by atoms with Crippen LogP contribution in [0.15, 0.2) is 24.3 Å². The summed E-state index contributed by atoms with van der Waals surface area (Å²) in [6.07, 6.45) is 1.66. The molecule has 0 aliphatic heterocycles. The van der Waals surface area contributed by atoms with Crippen LogP contribution in [0.1, 0.15) is 32.8 Å². The lowest BCUT2D eigenvalue weighted by molar-refractivity contribution is -0.147. The van der Waals surface area contributed by atoms with E-state index in [0.29, 0.717) is 12.5 Å². The third-order valence-electron chi connectivity index (χ3n) is 2.94. The minimum Gasteiger partial charge on any atom is -0.508 e. The molecule has 0 unspecified atom stereocenters. The molecule has 0 bridgehead atoms. The Morgan fingerprint density at radius 3 is 2.72 bits per heavy atom. The lowest BCUT2D eigenvalue weighted by Crippen LogP contribution is -2.18. The van der Waals surface area contributed by atoms with E-state index in [0.717, 1.165) is 18.4 Å². The summed E-state index contributed by atoms with van der Waals surface area (Å²) >= 11 is 0. The SMILES string of the molecule is CCOC(=O)[C@H](C)C[C@@H](C)Cc1cccc(O)c1. The normalized spacial score (nSPS) is 13.9. The zero-order chi connectivity index (χ0) is 13.5. The highest BCUT2D eigenvalue weighted by Crippen LogP contribution is 2.20. The minimum atomic E-state index is -0.125. The van der Waals surface area contributed by atoms with Gasteiger partial charge in [-0.05, 0) is 43.4 Å². The molecule has 0 heterocycles. The molecule has 0 amide bonds. The molecule has 0 radical (unpaired) electrons. The van der Waals surface area contributed by atoms with Crippen LogP contribution in [0.4, 0.5) is 0 Å². The van der Waals surface area contributed by atoms with Crippen molar-refractivity contribution >= 4 is 5.97 Å². The van der Waals surface area contributed by atoms with Crippen LogP contribution in [-0.4, -0.2) is 17.7 Å². The molecule has 0 saturated carbocycles. The molecular weight excluding hydrogens is 228 g/mol. The number of phenols is 1. The van der Waals surface area contributed by atoms with Crippen LogP contribution in [0.5, 0.6) is 5.75 Å². The molecule has 1 aromatic carbocycles. The maximum absolute atomic E-state index is 11.5. The predicted octanol–water partition coefficient (Wildman–Crippen LogP) is 3.16. The van der Waals surface area contributed by atoms with Crippen LogP contribution in [0.2, 0.25) is 0 Å². The highest BCUT2D eigenvalue weighted by atomic mass is 16.5. The van der Waals surface area contributed by atoms with Crippen LogP contribution in [0.3, 0.4) is 0 Å². The molecule has 1 aromatic rings. The van der Waals surface area contributed by atoms with Gasteiger partial charge >= 0.3 is 5.97 Å². The van der Waals surface area contributed by atoms with Crippen molar-refractivity contribution in [1.82, 2.24) is 0 Å². The number of aromatic hydroxyl groups is 1. The van der Waals surface area contributed by atoms with Crippen LogP contribution >= 0.6 is 0 Å². The molecule has 3 nitrogen and oxygen atoms in total. The molecule has 2 atom stereocenters. The smallest absolute Gasteiger partial charge is 0.308 e. The van der Waals surface area contributed by atoms with Crippen molar-refractivity contribution in [2.75, 3.05) is 6.61 Å². The van der Waals surface area contributed by atoms with E-state index in [4.69, 9.17) is 4.74 Å². The number of hydrogen-bond donors (Lipinski definition) is 1. The summed E-state index contributed by atoms with van der Waals surface area (Å²) in [6.45, 7) is 6.27. The van der Waals surface area contributed by atoms with Gasteiger partial charge in [-0.25, -0.2) is 0 Å². The fourth-order valence-corrected chi connectivity index (χ4v) is 2.15. The summed E-state index contributed by atoms with van der Waals surface area (Å²) in [5, 5.41) is 9.39. The van der Waals surface area contributed by atoms with Crippen molar-refractivity contribution in [2.24, 2.45) is 11.8 Å². The third-order valence-corrected chi connectivity index (χ3v) is 2.94. The summed E-state index contributed by atoms with van der Waals surface area (Å²) in [6, 6.07) is 7.26. The van der Waals surface area contributed by atoms with E-state index >= 15 is 0 Å². The van der Waals surface area contributed by atoms with Crippen molar-refractivity contribution in [2.45, 2.75) is 33.6 Å². The number of ether oxygens (including phenoxy) is 1. The molecule has 0 spiro atoms. The second kappa shape index (κ2) is 7.04. The van der Waals surface area contributed by atoms with E-state index in [1.807, 2.05) is 26.0 Å². The number of benzene rings is 1. The van der Waals surface area contributed by atoms with Gasteiger partial charge < -0.3 is 9.84 Å². The Labute approximate surface area is 109 Å². The number of carbonyl (C=O) groups excluding carboxylic acids is 1. The predicted molar refractivity (Wildman–Crippen MR) is 71.4 cm³/mol. The second-order valence-corrected chi connectivity index (χ2v) is 4.87. The van der Waals surface area contributed by atoms with Gasteiger partial charge in [-0.2, -0.15) is 0 Å². The summed E-state index contributed by atoms with van der Waals surface area (Å²) in [7, 11) is 0. The lowest BCUT2D eigenvalue weighted by Gasteiger charge is -2.16. The topological polar surface area (TPSA) is 46.5 Å². The molecule has 1 N–H and O–H groups in total. The van der Waals surface area contributed by atoms with Gasteiger partial charge in [-0.15, -0.1) is 0 Å². The first-order chi connectivity index (χ1) is 8.52. The zero-order valence-corrected chi connectivity index (χ0v) is 11.3. The Balaban J connectivity index is 2.46. The Morgan fingerprint density at radius 1 is 1.39 bits per heavy atom. The van der Waals surface area contributed by atoms with Gasteiger partial charge in [0.1, 0.15) is 5.75 Å². The van der Waals surface area contributed by atoms with Gasteiger partial charge in [-0.1, -0.05) is 26.0 Å². The van der Waals surface area contributed by atoms with E-state index in [1.54, 1.807) is 12.1 Å². The molecular formula is C15H22O3. The first-order valence-corrected chi connectivity index (χ1v) is 6.47. The minimum absolute atomic E-state index is 0.0720. The number of rotatable bonds is 6. The Bertz CT molecular complexity index is 387. The molecule has 0 aromatic heterocycles. The molecule has 100 valence electrons.